The lowest BCUT2D eigenvalue weighted by atomic mass is 9.73. The lowest BCUT2D eigenvalue weighted by Crippen LogP contribution is -2.20. The molecule has 0 spiro atoms. The number of carbonyl (C=O) groups excluding carboxylic acids is 1. The summed E-state index contributed by atoms with van der Waals surface area (Å²) in [6.07, 6.45) is 9.97. The van der Waals surface area contributed by atoms with Crippen LogP contribution in [-0.2, 0) is 4.79 Å². The molecule has 0 amide bonds. The molecule has 0 unspecified atom stereocenters. The molecule has 0 aromatic rings. The van der Waals surface area contributed by atoms with Crippen molar-refractivity contribution in [3.05, 3.63) is 0 Å². The molecule has 0 saturated carbocycles. The van der Waals surface area contributed by atoms with Gasteiger partial charge >= 0.3 is 0 Å². The number of hydrogen-bond donors (Lipinski definition) is 0. The molecule has 0 aliphatic heterocycles. The summed E-state index contributed by atoms with van der Waals surface area (Å²) >= 11 is 0. The van der Waals surface area contributed by atoms with Crippen LogP contribution in [0.4, 0.5) is 0 Å². The van der Waals surface area contributed by atoms with Crippen molar-refractivity contribution < 1.29 is 4.79 Å². The second kappa shape index (κ2) is 6.09. The molecule has 0 aromatic carbocycles. The standard InChI is InChI=1S/C15H26O/c1-7-13(16)10-8-9-11-15(5,6)12-14(2,3)4/h1H,8-12H2,2-6H3. The summed E-state index contributed by atoms with van der Waals surface area (Å²) in [4.78, 5) is 10.9. The highest BCUT2D eigenvalue weighted by molar-refractivity contribution is 5.94. The number of ketones is 1. The van der Waals surface area contributed by atoms with Crippen LogP contribution in [0, 0.1) is 23.2 Å². The molecule has 0 bridgehead atoms. The van der Waals surface area contributed by atoms with Gasteiger partial charge in [0.1, 0.15) is 0 Å². The molecule has 0 aliphatic carbocycles. The normalized spacial score (nSPS) is 12.2. The van der Waals surface area contributed by atoms with Crippen LogP contribution < -0.4 is 0 Å². The molecule has 1 heteroatoms. The minimum Gasteiger partial charge on any atom is -0.285 e. The quantitative estimate of drug-likeness (QED) is 0.374. The average molecular weight is 222 g/mol. The second-order valence-electron chi connectivity index (χ2n) is 6.68. The molecule has 0 rings (SSSR count). The second-order valence-corrected chi connectivity index (χ2v) is 6.68. The molecule has 0 saturated heterocycles. The molecular formula is C15H26O. The van der Waals surface area contributed by atoms with E-state index in [1.54, 1.807) is 0 Å². The third-order valence-corrected chi connectivity index (χ3v) is 2.68. The number of Topliss-reactive ketones (excluding diaryl/α,β-unsaturated/α-hetero) is 1. The number of hydrogen-bond acceptors (Lipinski definition) is 1. The van der Waals surface area contributed by atoms with Crippen LogP contribution in [0.5, 0.6) is 0 Å². The molecule has 0 atom stereocenters. The van der Waals surface area contributed by atoms with Crippen LogP contribution in [-0.4, -0.2) is 5.78 Å². The van der Waals surface area contributed by atoms with Crippen molar-refractivity contribution in [2.45, 2.75) is 66.7 Å². The fourth-order valence-electron chi connectivity index (χ4n) is 2.49. The predicted octanol–water partition coefficient (Wildman–Crippen LogP) is 4.21. The Morgan fingerprint density at radius 2 is 1.69 bits per heavy atom. The minimum absolute atomic E-state index is 0.0615. The van der Waals surface area contributed by atoms with Crippen molar-refractivity contribution in [2.75, 3.05) is 0 Å². The van der Waals surface area contributed by atoms with E-state index < -0.39 is 0 Å². The van der Waals surface area contributed by atoms with Crippen LogP contribution in [0.2, 0.25) is 0 Å². The first-order chi connectivity index (χ1) is 7.16. The Bertz CT molecular complexity index is 260. The largest absolute Gasteiger partial charge is 0.285 e. The number of carbonyl (C=O) groups is 1. The van der Waals surface area contributed by atoms with Crippen LogP contribution >= 0.6 is 0 Å². The highest BCUT2D eigenvalue weighted by atomic mass is 16.1. The Balaban J connectivity index is 3.84. The van der Waals surface area contributed by atoms with Crippen molar-refractivity contribution in [3.8, 4) is 12.3 Å². The Morgan fingerprint density at radius 1 is 1.12 bits per heavy atom. The van der Waals surface area contributed by atoms with Gasteiger partial charge in [0, 0.05) is 6.42 Å². The molecule has 0 aliphatic rings. The molecule has 0 heterocycles. The van der Waals surface area contributed by atoms with E-state index in [-0.39, 0.29) is 5.78 Å². The van der Waals surface area contributed by atoms with Crippen molar-refractivity contribution >= 4 is 5.78 Å². The van der Waals surface area contributed by atoms with E-state index in [1.165, 1.54) is 12.8 Å². The van der Waals surface area contributed by atoms with Gasteiger partial charge in [-0.1, -0.05) is 41.0 Å². The fourth-order valence-corrected chi connectivity index (χ4v) is 2.49. The summed E-state index contributed by atoms with van der Waals surface area (Å²) in [5, 5.41) is 0. The van der Waals surface area contributed by atoms with E-state index in [2.05, 4.69) is 40.5 Å². The number of unbranched alkanes of at least 4 members (excludes halogenated alkanes) is 1. The molecule has 1 nitrogen and oxygen atoms in total. The summed E-state index contributed by atoms with van der Waals surface area (Å²) in [6.45, 7) is 11.4. The summed E-state index contributed by atoms with van der Waals surface area (Å²) in [5.41, 5.74) is 0.732. The smallest absolute Gasteiger partial charge is 0.205 e. The molecule has 0 radical (unpaired) electrons. The molecule has 92 valence electrons. The Kier molecular flexibility index (Phi) is 5.79. The molecule has 0 N–H and O–H groups in total. The van der Waals surface area contributed by atoms with E-state index in [9.17, 15) is 4.79 Å². The van der Waals surface area contributed by atoms with E-state index >= 15 is 0 Å². The van der Waals surface area contributed by atoms with Gasteiger partial charge in [0.15, 0.2) is 0 Å². The van der Waals surface area contributed by atoms with Crippen LogP contribution in [0.1, 0.15) is 66.7 Å². The van der Waals surface area contributed by atoms with E-state index in [0.717, 1.165) is 12.8 Å². The summed E-state index contributed by atoms with van der Waals surface area (Å²) < 4.78 is 0. The van der Waals surface area contributed by atoms with E-state index in [1.807, 2.05) is 0 Å². The van der Waals surface area contributed by atoms with Gasteiger partial charge in [0.05, 0.1) is 0 Å². The lowest BCUT2D eigenvalue weighted by Gasteiger charge is -2.32. The zero-order chi connectivity index (χ0) is 12.8. The molecule has 0 aromatic heterocycles. The van der Waals surface area contributed by atoms with E-state index in [4.69, 9.17) is 6.42 Å². The SMILES string of the molecule is C#CC(=O)CCCCC(C)(C)CC(C)(C)C. The Hall–Kier alpha value is -0.770. The predicted molar refractivity (Wildman–Crippen MR) is 70.2 cm³/mol. The van der Waals surface area contributed by atoms with Gasteiger partial charge in [0.25, 0.3) is 0 Å². The molecule has 16 heavy (non-hydrogen) atoms. The van der Waals surface area contributed by atoms with Gasteiger partial charge in [-0.15, -0.1) is 6.42 Å². The number of rotatable bonds is 6. The van der Waals surface area contributed by atoms with Gasteiger partial charge in [-0.25, -0.2) is 0 Å². The first kappa shape index (κ1) is 15.2. The maximum Gasteiger partial charge on any atom is 0.205 e. The summed E-state index contributed by atoms with van der Waals surface area (Å²) in [7, 11) is 0. The van der Waals surface area contributed by atoms with Crippen LogP contribution in [0.25, 0.3) is 0 Å². The first-order valence-corrected chi connectivity index (χ1v) is 6.16. The third-order valence-electron chi connectivity index (χ3n) is 2.68. The van der Waals surface area contributed by atoms with Crippen molar-refractivity contribution in [3.63, 3.8) is 0 Å². The molecular weight excluding hydrogens is 196 g/mol. The Labute approximate surface area is 101 Å². The van der Waals surface area contributed by atoms with Gasteiger partial charge in [-0.2, -0.15) is 0 Å². The number of terminal acetylenes is 1. The first-order valence-electron chi connectivity index (χ1n) is 6.16. The lowest BCUT2D eigenvalue weighted by molar-refractivity contribution is -0.113. The van der Waals surface area contributed by atoms with Gasteiger partial charge in [-0.05, 0) is 36.0 Å². The van der Waals surface area contributed by atoms with Gasteiger partial charge in [-0.3, -0.25) is 4.79 Å². The fraction of sp³-hybridized carbons (Fsp3) is 0.800. The highest BCUT2D eigenvalue weighted by Gasteiger charge is 2.24. The maximum absolute atomic E-state index is 10.9. The van der Waals surface area contributed by atoms with Gasteiger partial charge < -0.3 is 0 Å². The van der Waals surface area contributed by atoms with Crippen molar-refractivity contribution in [2.24, 2.45) is 10.8 Å². The molecule has 0 fully saturated rings. The van der Waals surface area contributed by atoms with Crippen molar-refractivity contribution in [1.82, 2.24) is 0 Å². The average Bonchev–Trinajstić information content (AvgIpc) is 2.08. The zero-order valence-corrected chi connectivity index (χ0v) is 11.5. The topological polar surface area (TPSA) is 17.1 Å². The third kappa shape index (κ3) is 8.53. The monoisotopic (exact) mass is 222 g/mol. The van der Waals surface area contributed by atoms with E-state index in [0.29, 0.717) is 17.3 Å². The van der Waals surface area contributed by atoms with Crippen LogP contribution in [0.15, 0.2) is 0 Å². The van der Waals surface area contributed by atoms with Gasteiger partial charge in [0.2, 0.25) is 5.78 Å². The Morgan fingerprint density at radius 3 is 2.12 bits per heavy atom. The van der Waals surface area contributed by atoms with Crippen LogP contribution in [0.3, 0.4) is 0 Å². The zero-order valence-electron chi connectivity index (χ0n) is 11.5. The van der Waals surface area contributed by atoms with Crippen molar-refractivity contribution in [1.29, 1.82) is 0 Å². The minimum atomic E-state index is -0.0615. The summed E-state index contributed by atoms with van der Waals surface area (Å²) in [6, 6.07) is 0. The summed E-state index contributed by atoms with van der Waals surface area (Å²) in [5.74, 6) is 2.10. The maximum atomic E-state index is 10.9. The highest BCUT2D eigenvalue weighted by Crippen LogP contribution is 2.36.